The van der Waals surface area contributed by atoms with Crippen LogP contribution in [0.25, 0.3) is 0 Å². The van der Waals surface area contributed by atoms with Crippen molar-refractivity contribution in [2.75, 3.05) is 6.26 Å². The van der Waals surface area contributed by atoms with E-state index >= 15 is 0 Å². The molecule has 1 aromatic rings. The summed E-state index contributed by atoms with van der Waals surface area (Å²) in [6.07, 6.45) is 1.26. The predicted octanol–water partition coefficient (Wildman–Crippen LogP) is 2.45. The fraction of sp³-hybridized carbons (Fsp3) is 0.500. The quantitative estimate of drug-likeness (QED) is 0.854. The van der Waals surface area contributed by atoms with Crippen molar-refractivity contribution in [2.24, 2.45) is 0 Å². The van der Waals surface area contributed by atoms with Crippen LogP contribution in [0.3, 0.4) is 0 Å². The number of Topliss-reactive ketones (excluding diaryl/α,β-unsaturated/α-hetero) is 1. The second kappa shape index (κ2) is 4.58. The Kier molecular flexibility index (Phi) is 3.97. The van der Waals surface area contributed by atoms with Crippen LogP contribution in [0.5, 0.6) is 0 Å². The van der Waals surface area contributed by atoms with Crippen molar-refractivity contribution in [2.45, 2.75) is 25.0 Å². The van der Waals surface area contributed by atoms with Crippen LogP contribution in [0.4, 0.5) is 0 Å². The van der Waals surface area contributed by atoms with Crippen molar-refractivity contribution in [1.82, 2.24) is 0 Å². The molecule has 0 spiro atoms. The first-order valence-electron chi connectivity index (χ1n) is 4.61. The second-order valence-electron chi connectivity index (χ2n) is 4.09. The Morgan fingerprint density at radius 3 is 2.38 bits per heavy atom. The summed E-state index contributed by atoms with van der Waals surface area (Å²) < 4.78 is 22.5. The molecule has 0 amide bonds. The predicted molar refractivity (Wildman–Crippen MR) is 69.7 cm³/mol. The Hall–Kier alpha value is -0.200. The lowest BCUT2D eigenvalue weighted by Crippen LogP contribution is -2.40. The third-order valence-corrected chi connectivity index (χ3v) is 6.27. The summed E-state index contributed by atoms with van der Waals surface area (Å²) in [5, 5.41) is 0. The minimum absolute atomic E-state index is 0.163. The highest BCUT2D eigenvalue weighted by atomic mass is 79.9. The van der Waals surface area contributed by atoms with Gasteiger partial charge in [0.15, 0.2) is 15.6 Å². The highest BCUT2D eigenvalue weighted by Crippen LogP contribution is 2.25. The molecule has 0 fully saturated rings. The highest BCUT2D eigenvalue weighted by molar-refractivity contribution is 9.11. The fourth-order valence-electron chi connectivity index (χ4n) is 1.02. The Morgan fingerprint density at radius 1 is 1.44 bits per heavy atom. The molecule has 1 rings (SSSR count). The molecule has 0 N–H and O–H groups in total. The van der Waals surface area contributed by atoms with Crippen LogP contribution >= 0.6 is 27.3 Å². The maximum absolute atomic E-state index is 11.9. The third-order valence-electron chi connectivity index (χ3n) is 2.56. The Bertz CT molecular complexity index is 500. The number of carbonyl (C=O) groups is 1. The smallest absolute Gasteiger partial charge is 0.159 e. The standard InChI is InChI=1S/C10H13BrO3S2/c1-10(2,16(3,13)14)8(12)6-7-4-5-9(11)15-7/h4-5H,6H2,1-3H3. The minimum Gasteiger partial charge on any atom is -0.298 e. The van der Waals surface area contributed by atoms with E-state index < -0.39 is 14.6 Å². The van der Waals surface area contributed by atoms with Crippen LogP contribution in [0, 0.1) is 0 Å². The highest BCUT2D eigenvalue weighted by Gasteiger charge is 2.37. The van der Waals surface area contributed by atoms with Gasteiger partial charge in [0, 0.05) is 17.6 Å². The summed E-state index contributed by atoms with van der Waals surface area (Å²) in [6.45, 7) is 2.90. The Labute approximate surface area is 108 Å². The maximum atomic E-state index is 11.9. The van der Waals surface area contributed by atoms with E-state index in [2.05, 4.69) is 15.9 Å². The lowest BCUT2D eigenvalue weighted by molar-refractivity contribution is -0.120. The van der Waals surface area contributed by atoms with Gasteiger partial charge in [-0.05, 0) is 41.9 Å². The zero-order valence-corrected chi connectivity index (χ0v) is 12.5. The number of rotatable bonds is 4. The van der Waals surface area contributed by atoms with Crippen LogP contribution < -0.4 is 0 Å². The molecule has 0 radical (unpaired) electrons. The van der Waals surface area contributed by atoms with E-state index in [1.807, 2.05) is 12.1 Å². The van der Waals surface area contributed by atoms with Crippen molar-refractivity contribution in [3.63, 3.8) is 0 Å². The number of sulfone groups is 1. The van der Waals surface area contributed by atoms with Gasteiger partial charge in [0.2, 0.25) is 0 Å². The first kappa shape index (κ1) is 13.9. The molecule has 0 bridgehead atoms. The van der Waals surface area contributed by atoms with Gasteiger partial charge < -0.3 is 0 Å². The first-order chi connectivity index (χ1) is 7.14. The van der Waals surface area contributed by atoms with Gasteiger partial charge in [0.25, 0.3) is 0 Å². The van der Waals surface area contributed by atoms with E-state index in [9.17, 15) is 13.2 Å². The molecule has 0 saturated carbocycles. The van der Waals surface area contributed by atoms with Gasteiger partial charge in [-0.2, -0.15) is 0 Å². The Morgan fingerprint density at radius 2 is 2.00 bits per heavy atom. The van der Waals surface area contributed by atoms with Gasteiger partial charge in [-0.3, -0.25) is 4.79 Å². The van der Waals surface area contributed by atoms with E-state index in [4.69, 9.17) is 0 Å². The van der Waals surface area contributed by atoms with Crippen LogP contribution in [0.15, 0.2) is 15.9 Å². The Balaban J connectivity index is 2.89. The maximum Gasteiger partial charge on any atom is 0.159 e. The average Bonchev–Trinajstić information content (AvgIpc) is 2.49. The number of halogens is 1. The van der Waals surface area contributed by atoms with E-state index in [0.29, 0.717) is 0 Å². The number of ketones is 1. The summed E-state index contributed by atoms with van der Waals surface area (Å²) in [6, 6.07) is 3.67. The van der Waals surface area contributed by atoms with Gasteiger partial charge in [0.05, 0.1) is 3.79 Å². The molecule has 1 aromatic heterocycles. The molecular formula is C10H13BrO3S2. The number of hydrogen-bond acceptors (Lipinski definition) is 4. The number of thiophene rings is 1. The largest absolute Gasteiger partial charge is 0.298 e. The minimum atomic E-state index is -3.37. The zero-order valence-electron chi connectivity index (χ0n) is 9.28. The van der Waals surface area contributed by atoms with Crippen molar-refractivity contribution >= 4 is 42.9 Å². The van der Waals surface area contributed by atoms with Crippen LogP contribution in [0.1, 0.15) is 18.7 Å². The van der Waals surface area contributed by atoms with Crippen LogP contribution in [-0.2, 0) is 21.1 Å². The van der Waals surface area contributed by atoms with Gasteiger partial charge in [-0.25, -0.2) is 8.42 Å². The molecule has 0 aliphatic carbocycles. The summed E-state index contributed by atoms with van der Waals surface area (Å²) >= 11 is 4.74. The van der Waals surface area contributed by atoms with Gasteiger partial charge in [-0.1, -0.05) is 0 Å². The molecular weight excluding hydrogens is 312 g/mol. The molecule has 0 saturated heterocycles. The molecule has 0 atom stereocenters. The van der Waals surface area contributed by atoms with Crippen molar-refractivity contribution in [3.8, 4) is 0 Å². The number of hydrogen-bond donors (Lipinski definition) is 0. The molecule has 90 valence electrons. The lowest BCUT2D eigenvalue weighted by atomic mass is 10.0. The fourth-order valence-corrected chi connectivity index (χ4v) is 2.99. The monoisotopic (exact) mass is 324 g/mol. The topological polar surface area (TPSA) is 51.2 Å². The summed E-state index contributed by atoms with van der Waals surface area (Å²) in [7, 11) is -3.37. The average molecular weight is 325 g/mol. The van der Waals surface area contributed by atoms with Crippen LogP contribution in [0.2, 0.25) is 0 Å². The molecule has 0 aliphatic rings. The lowest BCUT2D eigenvalue weighted by Gasteiger charge is -2.20. The van der Waals surface area contributed by atoms with Crippen molar-refractivity contribution < 1.29 is 13.2 Å². The SMILES string of the molecule is CC(C)(C(=O)Cc1ccc(Br)s1)S(C)(=O)=O. The zero-order chi connectivity index (χ0) is 12.6. The molecule has 0 aliphatic heterocycles. The van der Waals surface area contributed by atoms with E-state index in [1.54, 1.807) is 0 Å². The molecule has 16 heavy (non-hydrogen) atoms. The molecule has 3 nitrogen and oxygen atoms in total. The molecule has 6 heteroatoms. The second-order valence-corrected chi connectivity index (χ2v) is 9.20. The third kappa shape index (κ3) is 2.93. The van der Waals surface area contributed by atoms with Crippen LogP contribution in [-0.4, -0.2) is 25.2 Å². The molecule has 1 heterocycles. The van der Waals surface area contributed by atoms with Gasteiger partial charge in [0.1, 0.15) is 4.75 Å². The normalized spacial score (nSPS) is 12.8. The van der Waals surface area contributed by atoms with Gasteiger partial charge in [-0.15, -0.1) is 11.3 Å². The van der Waals surface area contributed by atoms with E-state index in [0.717, 1.165) is 14.9 Å². The summed E-state index contributed by atoms with van der Waals surface area (Å²) in [4.78, 5) is 12.8. The summed E-state index contributed by atoms with van der Waals surface area (Å²) in [5.74, 6) is -0.274. The van der Waals surface area contributed by atoms with Crippen molar-refractivity contribution in [3.05, 3.63) is 20.8 Å². The van der Waals surface area contributed by atoms with E-state index in [1.165, 1.54) is 25.2 Å². The van der Waals surface area contributed by atoms with Gasteiger partial charge >= 0.3 is 0 Å². The first-order valence-corrected chi connectivity index (χ1v) is 8.12. The van der Waals surface area contributed by atoms with Crippen molar-refractivity contribution in [1.29, 1.82) is 0 Å². The number of carbonyl (C=O) groups excluding carboxylic acids is 1. The van der Waals surface area contributed by atoms with E-state index in [-0.39, 0.29) is 12.2 Å². The summed E-state index contributed by atoms with van der Waals surface area (Å²) in [5.41, 5.74) is 0. The molecule has 0 aromatic carbocycles. The molecule has 0 unspecified atom stereocenters.